The maximum atomic E-state index is 14.2. The van der Waals surface area contributed by atoms with E-state index in [1.807, 2.05) is 6.07 Å². The fourth-order valence-corrected chi connectivity index (χ4v) is 3.56. The molecule has 0 aliphatic rings. The summed E-state index contributed by atoms with van der Waals surface area (Å²) in [5.41, 5.74) is 6.44. The van der Waals surface area contributed by atoms with Crippen molar-refractivity contribution in [2.24, 2.45) is 0 Å². The lowest BCUT2D eigenvalue weighted by Gasteiger charge is -2.13. The van der Waals surface area contributed by atoms with Crippen molar-refractivity contribution in [2.45, 2.75) is 0 Å². The van der Waals surface area contributed by atoms with E-state index in [9.17, 15) is 14.0 Å². The van der Waals surface area contributed by atoms with Gasteiger partial charge in [-0.1, -0.05) is 18.2 Å². The Labute approximate surface area is 200 Å². The summed E-state index contributed by atoms with van der Waals surface area (Å²) in [5, 5.41) is 0.583. The van der Waals surface area contributed by atoms with Gasteiger partial charge < -0.3 is 14.2 Å². The molecule has 1 heterocycles. The number of carbonyl (C=O) groups excluding carboxylic acids is 2. The van der Waals surface area contributed by atoms with Gasteiger partial charge in [0.1, 0.15) is 11.6 Å². The molecule has 0 saturated carbocycles. The number of hydrazine groups is 1. The first-order valence-electron chi connectivity index (χ1n) is 10.5. The summed E-state index contributed by atoms with van der Waals surface area (Å²) >= 11 is 0. The lowest BCUT2D eigenvalue weighted by molar-refractivity contribution is 0.0845. The second-order valence-corrected chi connectivity index (χ2v) is 7.40. The largest absolute Gasteiger partial charge is 0.497 e. The van der Waals surface area contributed by atoms with Crippen LogP contribution in [0.3, 0.4) is 0 Å². The van der Waals surface area contributed by atoms with E-state index < -0.39 is 17.6 Å². The molecule has 0 atom stereocenters. The first kappa shape index (κ1) is 23.5. The lowest BCUT2D eigenvalue weighted by Crippen LogP contribution is -2.42. The van der Waals surface area contributed by atoms with Crippen LogP contribution in [0.1, 0.15) is 20.7 Å². The van der Waals surface area contributed by atoms with Crippen LogP contribution in [0.25, 0.3) is 22.2 Å². The number of methoxy groups -OCH3 is 3. The van der Waals surface area contributed by atoms with Crippen molar-refractivity contribution in [2.75, 3.05) is 21.3 Å². The fourth-order valence-electron chi connectivity index (χ4n) is 3.56. The topological polar surface area (TPSA) is 98.8 Å². The molecule has 0 saturated heterocycles. The van der Waals surface area contributed by atoms with E-state index in [0.29, 0.717) is 33.7 Å². The molecule has 8 nitrogen and oxygen atoms in total. The highest BCUT2D eigenvalue weighted by atomic mass is 19.1. The molecule has 2 amide bonds. The maximum absolute atomic E-state index is 14.2. The van der Waals surface area contributed by atoms with Crippen LogP contribution in [0.15, 0.2) is 66.7 Å². The minimum Gasteiger partial charge on any atom is -0.497 e. The van der Waals surface area contributed by atoms with E-state index >= 15 is 0 Å². The van der Waals surface area contributed by atoms with Gasteiger partial charge in [-0.3, -0.25) is 20.4 Å². The summed E-state index contributed by atoms with van der Waals surface area (Å²) in [6.45, 7) is 0. The number of carbonyl (C=O) groups is 2. The minimum atomic E-state index is -0.808. The van der Waals surface area contributed by atoms with Crippen molar-refractivity contribution in [3.63, 3.8) is 0 Å². The zero-order valence-electron chi connectivity index (χ0n) is 19.2. The quantitative estimate of drug-likeness (QED) is 0.407. The van der Waals surface area contributed by atoms with Crippen molar-refractivity contribution < 1.29 is 28.2 Å². The second kappa shape index (κ2) is 10.1. The third-order valence-electron chi connectivity index (χ3n) is 5.35. The van der Waals surface area contributed by atoms with Gasteiger partial charge in [-0.2, -0.15) is 0 Å². The van der Waals surface area contributed by atoms with Crippen molar-refractivity contribution >= 4 is 22.7 Å². The third-order valence-corrected chi connectivity index (χ3v) is 5.35. The monoisotopic (exact) mass is 475 g/mol. The van der Waals surface area contributed by atoms with Gasteiger partial charge in [0.2, 0.25) is 0 Å². The molecule has 0 radical (unpaired) electrons. The highest BCUT2D eigenvalue weighted by Crippen LogP contribution is 2.33. The van der Waals surface area contributed by atoms with Gasteiger partial charge in [-0.05, 0) is 42.5 Å². The standard InChI is InChI=1S/C26H22FN3O5/c1-33-16-9-10-18(20(27)13-16)25(31)29-30-26(32)19-14-22(28-21-7-5-4-6-17(19)21)15-8-11-23(34-2)24(12-15)35-3/h4-14H,1-3H3,(H,29,31)(H,30,32). The Hall–Kier alpha value is -4.66. The number of hydrogen-bond acceptors (Lipinski definition) is 6. The molecule has 4 aromatic rings. The van der Waals surface area contributed by atoms with Crippen molar-refractivity contribution in [1.82, 2.24) is 15.8 Å². The van der Waals surface area contributed by atoms with Gasteiger partial charge in [0, 0.05) is 17.0 Å². The molecular weight excluding hydrogens is 453 g/mol. The highest BCUT2D eigenvalue weighted by molar-refractivity contribution is 6.08. The van der Waals surface area contributed by atoms with Crippen LogP contribution < -0.4 is 25.1 Å². The van der Waals surface area contributed by atoms with Crippen LogP contribution in [-0.4, -0.2) is 38.1 Å². The molecule has 178 valence electrons. The van der Waals surface area contributed by atoms with Gasteiger partial charge in [0.05, 0.1) is 43.7 Å². The number of nitrogens with zero attached hydrogens (tertiary/aromatic N) is 1. The SMILES string of the molecule is COc1ccc(C(=O)NNC(=O)c2cc(-c3ccc(OC)c(OC)c3)nc3ccccc23)c(F)c1. The summed E-state index contributed by atoms with van der Waals surface area (Å²) in [6.07, 6.45) is 0. The summed E-state index contributed by atoms with van der Waals surface area (Å²) < 4.78 is 29.8. The van der Waals surface area contributed by atoms with E-state index in [4.69, 9.17) is 14.2 Å². The molecule has 1 aromatic heterocycles. The zero-order chi connectivity index (χ0) is 24.9. The Morgan fingerprint density at radius 1 is 0.771 bits per heavy atom. The minimum absolute atomic E-state index is 0.239. The third kappa shape index (κ3) is 4.84. The van der Waals surface area contributed by atoms with E-state index in [2.05, 4.69) is 15.8 Å². The molecule has 0 aliphatic heterocycles. The number of rotatable bonds is 6. The van der Waals surface area contributed by atoms with Crippen LogP contribution in [0, 0.1) is 5.82 Å². The molecule has 0 bridgehead atoms. The number of halogens is 1. The molecule has 0 unspecified atom stereocenters. The number of amides is 2. The second-order valence-electron chi connectivity index (χ2n) is 7.40. The molecule has 2 N–H and O–H groups in total. The van der Waals surface area contributed by atoms with Crippen molar-refractivity contribution in [1.29, 1.82) is 0 Å². The normalized spacial score (nSPS) is 10.5. The molecule has 4 rings (SSSR count). The first-order valence-corrected chi connectivity index (χ1v) is 10.5. The molecular formula is C26H22FN3O5. The lowest BCUT2D eigenvalue weighted by atomic mass is 10.0. The van der Waals surface area contributed by atoms with E-state index in [1.165, 1.54) is 26.4 Å². The number of fused-ring (bicyclic) bond motifs is 1. The summed E-state index contributed by atoms with van der Waals surface area (Å²) in [6, 6.07) is 17.8. The Balaban J connectivity index is 1.64. The Morgan fingerprint density at radius 3 is 2.17 bits per heavy atom. The van der Waals surface area contributed by atoms with Crippen LogP contribution in [-0.2, 0) is 0 Å². The summed E-state index contributed by atoms with van der Waals surface area (Å²) in [5.74, 6) is -0.831. The average Bonchev–Trinajstić information content (AvgIpc) is 2.90. The molecule has 35 heavy (non-hydrogen) atoms. The van der Waals surface area contributed by atoms with Gasteiger partial charge in [0.25, 0.3) is 11.8 Å². The summed E-state index contributed by atoms with van der Waals surface area (Å²) in [7, 11) is 4.47. The molecule has 0 fully saturated rings. The number of pyridine rings is 1. The van der Waals surface area contributed by atoms with Gasteiger partial charge in [-0.25, -0.2) is 9.37 Å². The Kier molecular flexibility index (Phi) is 6.77. The van der Waals surface area contributed by atoms with Crippen LogP contribution >= 0.6 is 0 Å². The molecule has 3 aromatic carbocycles. The van der Waals surface area contributed by atoms with Crippen LogP contribution in [0.5, 0.6) is 17.2 Å². The fraction of sp³-hybridized carbons (Fsp3) is 0.115. The Bertz CT molecular complexity index is 1420. The summed E-state index contributed by atoms with van der Waals surface area (Å²) in [4.78, 5) is 30.2. The number of para-hydroxylation sites is 1. The van der Waals surface area contributed by atoms with E-state index in [1.54, 1.807) is 49.6 Å². The predicted molar refractivity (Wildman–Crippen MR) is 128 cm³/mol. The Morgan fingerprint density at radius 2 is 1.49 bits per heavy atom. The van der Waals surface area contributed by atoms with E-state index in [-0.39, 0.29) is 16.9 Å². The number of ether oxygens (including phenoxy) is 3. The first-order chi connectivity index (χ1) is 16.9. The number of hydrogen-bond donors (Lipinski definition) is 2. The number of nitrogens with one attached hydrogen (secondary N) is 2. The average molecular weight is 475 g/mol. The smallest absolute Gasteiger partial charge is 0.272 e. The maximum Gasteiger partial charge on any atom is 0.272 e. The number of benzene rings is 3. The van der Waals surface area contributed by atoms with E-state index in [0.717, 1.165) is 6.07 Å². The van der Waals surface area contributed by atoms with Crippen molar-refractivity contribution in [3.05, 3.63) is 83.7 Å². The number of aromatic nitrogens is 1. The molecule has 9 heteroatoms. The van der Waals surface area contributed by atoms with Crippen molar-refractivity contribution in [3.8, 4) is 28.5 Å². The zero-order valence-corrected chi connectivity index (χ0v) is 19.2. The highest BCUT2D eigenvalue weighted by Gasteiger charge is 2.18. The van der Waals surface area contributed by atoms with Crippen LogP contribution in [0.4, 0.5) is 4.39 Å². The molecule has 0 spiro atoms. The molecule has 0 aliphatic carbocycles. The van der Waals surface area contributed by atoms with Gasteiger partial charge >= 0.3 is 0 Å². The van der Waals surface area contributed by atoms with Gasteiger partial charge in [0.15, 0.2) is 11.5 Å². The van der Waals surface area contributed by atoms with Gasteiger partial charge in [-0.15, -0.1) is 0 Å². The van der Waals surface area contributed by atoms with Crippen LogP contribution in [0.2, 0.25) is 0 Å². The predicted octanol–water partition coefficient (Wildman–Crippen LogP) is 4.14.